The summed E-state index contributed by atoms with van der Waals surface area (Å²) >= 11 is 0. The van der Waals surface area contributed by atoms with E-state index in [2.05, 4.69) is 52.2 Å². The van der Waals surface area contributed by atoms with E-state index < -0.39 is 6.29 Å². The zero-order valence-electron chi connectivity index (χ0n) is 25.5. The summed E-state index contributed by atoms with van der Waals surface area (Å²) in [5, 5.41) is 0. The highest BCUT2D eigenvalue weighted by molar-refractivity contribution is 5.70. The Morgan fingerprint density at radius 3 is 1.90 bits per heavy atom. The van der Waals surface area contributed by atoms with Crippen molar-refractivity contribution in [2.45, 2.75) is 123 Å². The lowest BCUT2D eigenvalue weighted by molar-refractivity contribution is -0.896. The second-order valence-electron chi connectivity index (χ2n) is 11.8. The minimum atomic E-state index is -0.553. The van der Waals surface area contributed by atoms with Crippen LogP contribution in [0.15, 0.2) is 54.6 Å². The van der Waals surface area contributed by atoms with Crippen molar-refractivity contribution in [2.24, 2.45) is 0 Å². The largest absolute Gasteiger partial charge is 0.454 e. The van der Waals surface area contributed by atoms with Crippen LogP contribution in [0.1, 0.15) is 115 Å². The lowest BCUT2D eigenvalue weighted by Gasteiger charge is -2.29. The number of hydrogen-bond donors (Lipinski definition) is 0. The first kappa shape index (κ1) is 32.9. The van der Waals surface area contributed by atoms with Crippen LogP contribution in [0.4, 0.5) is 0 Å². The van der Waals surface area contributed by atoms with Crippen molar-refractivity contribution in [1.29, 1.82) is 0 Å². The number of ether oxygens (including phenoxy) is 2. The number of carbonyl (C=O) groups is 1. The van der Waals surface area contributed by atoms with Gasteiger partial charge in [0.1, 0.15) is 12.3 Å². The summed E-state index contributed by atoms with van der Waals surface area (Å²) in [6.45, 7) is 5.45. The second kappa shape index (κ2) is 19.7. The highest BCUT2D eigenvalue weighted by atomic mass is 16.7. The fourth-order valence-corrected chi connectivity index (χ4v) is 5.17. The highest BCUT2D eigenvalue weighted by Crippen LogP contribution is 2.24. The van der Waals surface area contributed by atoms with E-state index in [1.807, 2.05) is 30.3 Å². The molecule has 0 aliphatic carbocycles. The fourth-order valence-electron chi connectivity index (χ4n) is 5.17. The van der Waals surface area contributed by atoms with Crippen molar-refractivity contribution < 1.29 is 18.8 Å². The van der Waals surface area contributed by atoms with Crippen LogP contribution in [-0.2, 0) is 22.5 Å². The Kier molecular flexibility index (Phi) is 16.6. The molecule has 0 saturated heterocycles. The van der Waals surface area contributed by atoms with Gasteiger partial charge in [0.2, 0.25) is 6.29 Å². The molecule has 4 nitrogen and oxygen atoms in total. The van der Waals surface area contributed by atoms with Crippen molar-refractivity contribution in [3.63, 3.8) is 0 Å². The molecule has 4 heteroatoms. The Morgan fingerprint density at radius 2 is 1.28 bits per heavy atom. The van der Waals surface area contributed by atoms with Crippen molar-refractivity contribution in [3.05, 3.63) is 65.7 Å². The Hall–Kier alpha value is -2.33. The molecule has 0 fully saturated rings. The molecule has 0 aliphatic heterocycles. The van der Waals surface area contributed by atoms with E-state index >= 15 is 0 Å². The third kappa shape index (κ3) is 15.1. The maximum atomic E-state index is 12.9. The van der Waals surface area contributed by atoms with Crippen LogP contribution >= 0.6 is 0 Å². The van der Waals surface area contributed by atoms with Gasteiger partial charge >= 0.3 is 5.97 Å². The molecule has 0 aromatic heterocycles. The van der Waals surface area contributed by atoms with Crippen LogP contribution in [0, 0.1) is 0 Å². The molecule has 2 aromatic carbocycles. The molecule has 2 rings (SSSR count). The van der Waals surface area contributed by atoms with Gasteiger partial charge < -0.3 is 14.0 Å². The second-order valence-corrected chi connectivity index (χ2v) is 11.8. The van der Waals surface area contributed by atoms with E-state index in [0.29, 0.717) is 17.4 Å². The number of nitrogens with zero attached hydrogens (tertiary/aromatic N) is 1. The zero-order valence-corrected chi connectivity index (χ0v) is 25.5. The SMILES string of the molecule is CCCCCCCCCCCCCCc1ccccc1OC(CCC)OC(=O)C[N+](C)(C)Cc1ccccc1. The molecule has 0 radical (unpaired) electrons. The number of hydrogen-bond acceptors (Lipinski definition) is 3. The quantitative estimate of drug-likeness (QED) is 0.0648. The highest BCUT2D eigenvalue weighted by Gasteiger charge is 2.25. The molecule has 218 valence electrons. The van der Waals surface area contributed by atoms with Crippen molar-refractivity contribution >= 4 is 5.97 Å². The predicted molar refractivity (Wildman–Crippen MR) is 164 cm³/mol. The van der Waals surface area contributed by atoms with Crippen molar-refractivity contribution in [2.75, 3.05) is 20.6 Å². The number of para-hydroxylation sites is 1. The van der Waals surface area contributed by atoms with Crippen LogP contribution in [0.2, 0.25) is 0 Å². The number of benzene rings is 2. The summed E-state index contributed by atoms with van der Waals surface area (Å²) in [4.78, 5) is 12.9. The number of rotatable bonds is 22. The molecule has 0 bridgehead atoms. The molecule has 1 atom stereocenters. The van der Waals surface area contributed by atoms with E-state index in [4.69, 9.17) is 9.47 Å². The van der Waals surface area contributed by atoms with Crippen LogP contribution < -0.4 is 4.74 Å². The first-order valence-electron chi connectivity index (χ1n) is 15.7. The standard InChI is InChI=1S/C35H56NO3/c1-5-7-8-9-10-11-12-13-14-15-16-20-26-32-27-21-22-28-33(32)38-35(23-6-2)39-34(37)30-36(3,4)29-31-24-18-17-19-25-31/h17-19,21-22,24-25,27-28,35H,5-16,20,23,26,29-30H2,1-4H3/q+1. The number of unbranched alkanes of at least 4 members (excludes halogenated alkanes) is 11. The predicted octanol–water partition coefficient (Wildman–Crippen LogP) is 9.26. The number of likely N-dealkylation sites (N-methyl/N-ethyl adjacent to an activating group) is 1. The Bertz CT molecular complexity index is 896. The normalized spacial score (nSPS) is 12.3. The molecule has 39 heavy (non-hydrogen) atoms. The minimum absolute atomic E-state index is 0.215. The number of carbonyl (C=O) groups excluding carboxylic acids is 1. The molecule has 2 aromatic rings. The summed E-state index contributed by atoms with van der Waals surface area (Å²) in [6.07, 6.45) is 18.2. The topological polar surface area (TPSA) is 35.5 Å². The number of quaternary nitrogens is 1. The molecule has 0 amide bonds. The average Bonchev–Trinajstić information content (AvgIpc) is 2.90. The van der Waals surface area contributed by atoms with Gasteiger partial charge in [0.15, 0.2) is 6.54 Å². The molecular formula is C35H56NO3+. The van der Waals surface area contributed by atoms with Gasteiger partial charge in [-0.3, -0.25) is 0 Å². The van der Waals surface area contributed by atoms with Gasteiger partial charge in [0, 0.05) is 12.0 Å². The van der Waals surface area contributed by atoms with Gasteiger partial charge in [0.25, 0.3) is 0 Å². The third-order valence-corrected chi connectivity index (χ3v) is 7.33. The van der Waals surface area contributed by atoms with E-state index in [0.717, 1.165) is 25.1 Å². The molecule has 0 heterocycles. The van der Waals surface area contributed by atoms with Gasteiger partial charge in [-0.25, -0.2) is 4.79 Å². The van der Waals surface area contributed by atoms with Gasteiger partial charge in [0.05, 0.1) is 14.1 Å². The van der Waals surface area contributed by atoms with E-state index in [1.54, 1.807) is 0 Å². The Balaban J connectivity index is 1.74. The maximum Gasteiger partial charge on any atom is 0.364 e. The molecule has 0 saturated carbocycles. The zero-order chi connectivity index (χ0) is 28.2. The Morgan fingerprint density at radius 1 is 0.718 bits per heavy atom. The van der Waals surface area contributed by atoms with Gasteiger partial charge in [-0.2, -0.15) is 0 Å². The van der Waals surface area contributed by atoms with Gasteiger partial charge in [-0.15, -0.1) is 0 Å². The maximum absolute atomic E-state index is 12.9. The van der Waals surface area contributed by atoms with Crippen molar-refractivity contribution in [3.8, 4) is 5.75 Å². The first-order chi connectivity index (χ1) is 18.9. The summed E-state index contributed by atoms with van der Waals surface area (Å²) in [6, 6.07) is 18.5. The summed E-state index contributed by atoms with van der Waals surface area (Å²) < 4.78 is 12.7. The minimum Gasteiger partial charge on any atom is -0.454 e. The smallest absolute Gasteiger partial charge is 0.364 e. The lowest BCUT2D eigenvalue weighted by Crippen LogP contribution is -2.44. The summed E-state index contributed by atoms with van der Waals surface area (Å²) in [5.74, 6) is 0.637. The van der Waals surface area contributed by atoms with E-state index in [-0.39, 0.29) is 5.97 Å². The van der Waals surface area contributed by atoms with E-state index in [9.17, 15) is 4.79 Å². The monoisotopic (exact) mass is 538 g/mol. The molecule has 1 unspecified atom stereocenters. The van der Waals surface area contributed by atoms with Crippen LogP contribution in [0.5, 0.6) is 5.75 Å². The number of aryl methyl sites for hydroxylation is 1. The van der Waals surface area contributed by atoms with E-state index in [1.165, 1.54) is 88.2 Å². The Labute approximate surface area is 239 Å². The van der Waals surface area contributed by atoms with Crippen molar-refractivity contribution in [1.82, 2.24) is 0 Å². The molecule has 0 N–H and O–H groups in total. The molecule has 0 aliphatic rings. The lowest BCUT2D eigenvalue weighted by atomic mass is 10.0. The number of esters is 1. The molecule has 0 spiro atoms. The van der Waals surface area contributed by atoms with Gasteiger partial charge in [-0.1, -0.05) is 133 Å². The van der Waals surface area contributed by atoms with Crippen LogP contribution in [0.25, 0.3) is 0 Å². The fraction of sp³-hybridized carbons (Fsp3) is 0.629. The van der Waals surface area contributed by atoms with Gasteiger partial charge in [-0.05, 0) is 30.9 Å². The van der Waals surface area contributed by atoms with Crippen LogP contribution in [0.3, 0.4) is 0 Å². The summed E-state index contributed by atoms with van der Waals surface area (Å²) in [5.41, 5.74) is 2.42. The first-order valence-corrected chi connectivity index (χ1v) is 15.7. The average molecular weight is 539 g/mol. The molecular weight excluding hydrogens is 482 g/mol. The summed E-state index contributed by atoms with van der Waals surface area (Å²) in [7, 11) is 4.13. The third-order valence-electron chi connectivity index (χ3n) is 7.33. The van der Waals surface area contributed by atoms with Crippen LogP contribution in [-0.4, -0.2) is 37.4 Å².